The number of hydrogen-bond acceptors (Lipinski definition) is 3. The fourth-order valence-corrected chi connectivity index (χ4v) is 2.90. The van der Waals surface area contributed by atoms with Crippen molar-refractivity contribution in [3.63, 3.8) is 0 Å². The first kappa shape index (κ1) is 9.09. The van der Waals surface area contributed by atoms with Crippen molar-refractivity contribution in [2.45, 2.75) is 18.8 Å². The number of halogens is 1. The molecule has 0 aliphatic heterocycles. The number of anilines is 1. The number of hydrogen-bond donors (Lipinski definition) is 1. The van der Waals surface area contributed by atoms with Crippen LogP contribution in [-0.2, 0) is 0 Å². The fraction of sp³-hybridized carbons (Fsp3) is 0.364. The summed E-state index contributed by atoms with van der Waals surface area (Å²) in [6, 6.07) is 3.07. The predicted octanol–water partition coefficient (Wildman–Crippen LogP) is 3.35. The van der Waals surface area contributed by atoms with Crippen LogP contribution in [0.25, 0.3) is 10.2 Å². The molecule has 1 heterocycles. The Hall–Kier alpha value is -1.16. The van der Waals surface area contributed by atoms with E-state index in [1.54, 1.807) is 24.5 Å². The van der Waals surface area contributed by atoms with E-state index in [1.165, 1.54) is 18.9 Å². The summed E-state index contributed by atoms with van der Waals surface area (Å²) >= 11 is 1.62. The van der Waals surface area contributed by atoms with Gasteiger partial charge < -0.3 is 5.32 Å². The number of thiazole rings is 1. The Labute approximate surface area is 91.1 Å². The van der Waals surface area contributed by atoms with Gasteiger partial charge in [0.15, 0.2) is 0 Å². The number of rotatable bonds is 2. The van der Waals surface area contributed by atoms with Crippen LogP contribution in [0.5, 0.6) is 0 Å². The molecule has 1 aromatic carbocycles. The van der Waals surface area contributed by atoms with Crippen LogP contribution in [0, 0.1) is 5.82 Å². The number of aromatic nitrogens is 1. The quantitative estimate of drug-likeness (QED) is 0.842. The molecule has 1 N–H and O–H groups in total. The lowest BCUT2D eigenvalue weighted by molar-refractivity contribution is 0.630. The third-order valence-electron chi connectivity index (χ3n) is 2.67. The average Bonchev–Trinajstić information content (AvgIpc) is 2.98. The molecule has 0 saturated heterocycles. The Kier molecular flexibility index (Phi) is 1.92. The molecule has 4 heteroatoms. The van der Waals surface area contributed by atoms with E-state index in [0.29, 0.717) is 5.92 Å². The molecule has 2 nitrogen and oxygen atoms in total. The van der Waals surface area contributed by atoms with E-state index in [4.69, 9.17) is 0 Å². The van der Waals surface area contributed by atoms with Gasteiger partial charge in [0.1, 0.15) is 11.3 Å². The van der Waals surface area contributed by atoms with E-state index < -0.39 is 0 Å². The zero-order chi connectivity index (χ0) is 10.4. The van der Waals surface area contributed by atoms with Crippen molar-refractivity contribution < 1.29 is 4.39 Å². The van der Waals surface area contributed by atoms with Crippen molar-refractivity contribution in [1.29, 1.82) is 0 Å². The highest BCUT2D eigenvalue weighted by Gasteiger charge is 2.27. The van der Waals surface area contributed by atoms with Crippen molar-refractivity contribution >= 4 is 27.2 Å². The Balaban J connectivity index is 2.23. The Morgan fingerprint density at radius 2 is 2.27 bits per heavy atom. The van der Waals surface area contributed by atoms with Crippen LogP contribution in [-0.4, -0.2) is 12.0 Å². The van der Waals surface area contributed by atoms with Gasteiger partial charge in [-0.2, -0.15) is 0 Å². The first-order chi connectivity index (χ1) is 7.28. The summed E-state index contributed by atoms with van der Waals surface area (Å²) in [5, 5.41) is 4.15. The van der Waals surface area contributed by atoms with Crippen LogP contribution in [0.1, 0.15) is 23.8 Å². The highest BCUT2D eigenvalue weighted by atomic mass is 32.1. The van der Waals surface area contributed by atoms with E-state index >= 15 is 0 Å². The van der Waals surface area contributed by atoms with E-state index in [9.17, 15) is 4.39 Å². The molecule has 0 unspecified atom stereocenters. The minimum atomic E-state index is -0.196. The molecule has 1 aromatic heterocycles. The number of nitrogens with zero attached hydrogens (tertiary/aromatic N) is 1. The van der Waals surface area contributed by atoms with Crippen molar-refractivity contribution in [3.8, 4) is 0 Å². The molecule has 0 spiro atoms. The fourth-order valence-electron chi connectivity index (χ4n) is 1.71. The molecule has 1 fully saturated rings. The van der Waals surface area contributed by atoms with E-state index in [0.717, 1.165) is 20.9 Å². The van der Waals surface area contributed by atoms with Crippen molar-refractivity contribution in [2.24, 2.45) is 0 Å². The van der Waals surface area contributed by atoms with E-state index in [1.807, 2.05) is 0 Å². The van der Waals surface area contributed by atoms with Crippen LogP contribution in [0.15, 0.2) is 12.1 Å². The molecular weight excluding hydrogens is 211 g/mol. The topological polar surface area (TPSA) is 24.9 Å². The van der Waals surface area contributed by atoms with Crippen LogP contribution >= 0.6 is 11.3 Å². The molecule has 1 aliphatic rings. The number of benzene rings is 1. The zero-order valence-corrected chi connectivity index (χ0v) is 9.20. The molecule has 0 amide bonds. The third kappa shape index (κ3) is 1.49. The Bertz CT molecular complexity index is 517. The summed E-state index contributed by atoms with van der Waals surface area (Å²) in [6.07, 6.45) is 2.47. The largest absolute Gasteiger partial charge is 0.386 e. The summed E-state index contributed by atoms with van der Waals surface area (Å²) < 4.78 is 14.2. The van der Waals surface area contributed by atoms with Crippen molar-refractivity contribution in [2.75, 3.05) is 12.4 Å². The summed E-state index contributed by atoms with van der Waals surface area (Å²) in [6.45, 7) is 0. The molecule has 1 saturated carbocycles. The molecular formula is C11H11FN2S. The summed E-state index contributed by atoms with van der Waals surface area (Å²) in [5.41, 5.74) is 1.69. The zero-order valence-electron chi connectivity index (χ0n) is 8.38. The van der Waals surface area contributed by atoms with Gasteiger partial charge in [-0.1, -0.05) is 0 Å². The van der Waals surface area contributed by atoms with Gasteiger partial charge in [0.2, 0.25) is 0 Å². The lowest BCUT2D eigenvalue weighted by Gasteiger charge is -2.00. The lowest BCUT2D eigenvalue weighted by atomic mass is 10.3. The molecule has 2 aromatic rings. The monoisotopic (exact) mass is 222 g/mol. The maximum atomic E-state index is 13.2. The first-order valence-corrected chi connectivity index (χ1v) is 5.87. The maximum Gasteiger partial charge on any atom is 0.126 e. The average molecular weight is 222 g/mol. The molecule has 3 rings (SSSR count). The van der Waals surface area contributed by atoms with Crippen LogP contribution < -0.4 is 5.32 Å². The minimum absolute atomic E-state index is 0.196. The molecule has 78 valence electrons. The van der Waals surface area contributed by atoms with Gasteiger partial charge in [0, 0.05) is 13.0 Å². The number of fused-ring (bicyclic) bond motifs is 1. The van der Waals surface area contributed by atoms with Crippen LogP contribution in [0.2, 0.25) is 0 Å². The first-order valence-electron chi connectivity index (χ1n) is 5.05. The molecule has 15 heavy (non-hydrogen) atoms. The minimum Gasteiger partial charge on any atom is -0.386 e. The third-order valence-corrected chi connectivity index (χ3v) is 3.84. The second-order valence-corrected chi connectivity index (χ2v) is 4.94. The standard InChI is InChI=1S/C11H11FN2S/c1-13-8-4-7(12)5-9-10(8)14-11(15-9)6-2-3-6/h4-6,13H,2-3H2,1H3. The predicted molar refractivity (Wildman–Crippen MR) is 61.1 cm³/mol. The van der Waals surface area contributed by atoms with Crippen molar-refractivity contribution in [1.82, 2.24) is 4.98 Å². The highest BCUT2D eigenvalue weighted by molar-refractivity contribution is 7.18. The van der Waals surface area contributed by atoms with E-state index in [2.05, 4.69) is 10.3 Å². The summed E-state index contributed by atoms with van der Waals surface area (Å²) in [5.74, 6) is 0.438. The maximum absolute atomic E-state index is 13.2. The Morgan fingerprint density at radius 3 is 2.93 bits per heavy atom. The molecule has 0 atom stereocenters. The van der Waals surface area contributed by atoms with Gasteiger partial charge in [-0.25, -0.2) is 9.37 Å². The molecule has 0 bridgehead atoms. The highest BCUT2D eigenvalue weighted by Crippen LogP contribution is 2.44. The van der Waals surface area contributed by atoms with E-state index in [-0.39, 0.29) is 5.82 Å². The molecule has 1 aliphatic carbocycles. The van der Waals surface area contributed by atoms with Gasteiger partial charge in [-0.05, 0) is 25.0 Å². The van der Waals surface area contributed by atoms with Crippen LogP contribution in [0.3, 0.4) is 0 Å². The number of nitrogens with one attached hydrogen (secondary N) is 1. The lowest BCUT2D eigenvalue weighted by Crippen LogP contribution is -1.90. The summed E-state index contributed by atoms with van der Waals surface area (Å²) in [4.78, 5) is 4.58. The van der Waals surface area contributed by atoms with Crippen LogP contribution in [0.4, 0.5) is 10.1 Å². The smallest absolute Gasteiger partial charge is 0.126 e. The SMILES string of the molecule is CNc1cc(F)cc2sc(C3CC3)nc12. The van der Waals surface area contributed by atoms with Crippen molar-refractivity contribution in [3.05, 3.63) is 23.0 Å². The summed E-state index contributed by atoms with van der Waals surface area (Å²) in [7, 11) is 1.80. The normalized spacial score (nSPS) is 15.9. The van der Waals surface area contributed by atoms with Gasteiger partial charge in [-0.3, -0.25) is 0 Å². The van der Waals surface area contributed by atoms with Gasteiger partial charge >= 0.3 is 0 Å². The van der Waals surface area contributed by atoms with Gasteiger partial charge in [0.05, 0.1) is 15.4 Å². The second kappa shape index (κ2) is 3.17. The van der Waals surface area contributed by atoms with Gasteiger partial charge in [-0.15, -0.1) is 11.3 Å². The Morgan fingerprint density at radius 1 is 1.47 bits per heavy atom. The molecule has 0 radical (unpaired) electrons. The van der Waals surface area contributed by atoms with Gasteiger partial charge in [0.25, 0.3) is 0 Å². The second-order valence-electron chi connectivity index (χ2n) is 3.88.